The van der Waals surface area contributed by atoms with E-state index < -0.39 is 0 Å². The van der Waals surface area contributed by atoms with Gasteiger partial charge in [0.15, 0.2) is 0 Å². The van der Waals surface area contributed by atoms with E-state index in [9.17, 15) is 4.79 Å². The molecule has 2 heterocycles. The maximum atomic E-state index is 11.9. The van der Waals surface area contributed by atoms with Gasteiger partial charge < -0.3 is 10.2 Å². The number of carbonyl (C=O) groups is 1. The second-order valence-corrected chi connectivity index (χ2v) is 6.17. The molecule has 1 atom stereocenters. The van der Waals surface area contributed by atoms with Crippen molar-refractivity contribution < 1.29 is 4.79 Å². The van der Waals surface area contributed by atoms with E-state index in [0.717, 1.165) is 37.6 Å². The number of carbonyl (C=O) groups excluding carboxylic acids is 1. The molecule has 1 N–H and O–H groups in total. The van der Waals surface area contributed by atoms with Crippen LogP contribution in [0.25, 0.3) is 5.69 Å². The van der Waals surface area contributed by atoms with E-state index >= 15 is 0 Å². The molecule has 7 nitrogen and oxygen atoms in total. The number of amides is 1. The normalized spacial score (nSPS) is 18.2. The van der Waals surface area contributed by atoms with Crippen molar-refractivity contribution in [2.75, 3.05) is 18.0 Å². The zero-order valence-electron chi connectivity index (χ0n) is 13.5. The second-order valence-electron chi connectivity index (χ2n) is 6.17. The summed E-state index contributed by atoms with van der Waals surface area (Å²) in [5, 5.41) is 15.2. The summed E-state index contributed by atoms with van der Waals surface area (Å²) in [6.07, 6.45) is 1.99. The molecule has 2 aromatic rings. The van der Waals surface area contributed by atoms with Crippen LogP contribution in [0, 0.1) is 5.92 Å². The summed E-state index contributed by atoms with van der Waals surface area (Å²) in [5.41, 5.74) is 0.931. The molecule has 0 saturated carbocycles. The molecular formula is C16H22N6O. The van der Waals surface area contributed by atoms with E-state index in [2.05, 4.69) is 25.7 Å². The van der Waals surface area contributed by atoms with Crippen molar-refractivity contribution in [3.8, 4) is 5.69 Å². The Balaban J connectivity index is 1.75. The van der Waals surface area contributed by atoms with Crippen molar-refractivity contribution >= 4 is 11.9 Å². The fourth-order valence-corrected chi connectivity index (χ4v) is 2.76. The van der Waals surface area contributed by atoms with Crippen molar-refractivity contribution in [3.05, 3.63) is 30.3 Å². The Morgan fingerprint density at radius 1 is 1.30 bits per heavy atom. The fourth-order valence-electron chi connectivity index (χ4n) is 2.76. The predicted molar refractivity (Wildman–Crippen MR) is 87.4 cm³/mol. The maximum Gasteiger partial charge on any atom is 0.250 e. The number of aromatic nitrogens is 4. The van der Waals surface area contributed by atoms with Crippen LogP contribution in [-0.4, -0.2) is 45.2 Å². The van der Waals surface area contributed by atoms with Crippen LogP contribution in [0.3, 0.4) is 0 Å². The number of piperidine rings is 1. The third kappa shape index (κ3) is 3.49. The van der Waals surface area contributed by atoms with Crippen molar-refractivity contribution in [3.63, 3.8) is 0 Å². The van der Waals surface area contributed by atoms with E-state index in [1.165, 1.54) is 0 Å². The molecule has 1 unspecified atom stereocenters. The Morgan fingerprint density at radius 3 is 2.83 bits per heavy atom. The molecule has 0 radical (unpaired) electrons. The van der Waals surface area contributed by atoms with Crippen molar-refractivity contribution in [1.82, 2.24) is 25.5 Å². The number of para-hydroxylation sites is 1. The number of nitrogens with zero attached hydrogens (tertiary/aromatic N) is 5. The Hall–Kier alpha value is -2.44. The van der Waals surface area contributed by atoms with Crippen LogP contribution in [-0.2, 0) is 4.79 Å². The molecule has 3 rings (SSSR count). The van der Waals surface area contributed by atoms with Gasteiger partial charge in [-0.1, -0.05) is 37.1 Å². The lowest BCUT2D eigenvalue weighted by molar-refractivity contribution is -0.124. The van der Waals surface area contributed by atoms with Gasteiger partial charge in [0.1, 0.15) is 0 Å². The highest BCUT2D eigenvalue weighted by Gasteiger charge is 2.25. The quantitative estimate of drug-likeness (QED) is 0.923. The molecule has 1 aliphatic heterocycles. The van der Waals surface area contributed by atoms with Gasteiger partial charge >= 0.3 is 0 Å². The number of nitrogens with one attached hydrogen (secondary N) is 1. The van der Waals surface area contributed by atoms with Crippen LogP contribution >= 0.6 is 0 Å². The number of benzene rings is 1. The molecule has 0 aliphatic carbocycles. The Bertz CT molecular complexity index is 654. The highest BCUT2D eigenvalue weighted by molar-refractivity contribution is 5.78. The first-order valence-electron chi connectivity index (χ1n) is 8.04. The van der Waals surface area contributed by atoms with Gasteiger partial charge in [-0.05, 0) is 35.4 Å². The summed E-state index contributed by atoms with van der Waals surface area (Å²) in [4.78, 5) is 14.1. The molecule has 1 saturated heterocycles. The van der Waals surface area contributed by atoms with Gasteiger partial charge in [0.2, 0.25) is 11.9 Å². The largest absolute Gasteiger partial charge is 0.351 e. The van der Waals surface area contributed by atoms with Gasteiger partial charge in [0.25, 0.3) is 0 Å². The molecule has 1 fully saturated rings. The number of hydrogen-bond acceptors (Lipinski definition) is 5. The predicted octanol–water partition coefficient (Wildman–Crippen LogP) is 1.40. The third-order valence-electron chi connectivity index (χ3n) is 4.03. The summed E-state index contributed by atoms with van der Waals surface area (Å²) in [5.74, 6) is 0.819. The first-order valence-corrected chi connectivity index (χ1v) is 8.04. The van der Waals surface area contributed by atoms with Gasteiger partial charge in [-0.25, -0.2) is 0 Å². The van der Waals surface area contributed by atoms with Crippen LogP contribution in [0.4, 0.5) is 5.95 Å². The lowest BCUT2D eigenvalue weighted by atomic mass is 10.0. The molecule has 1 aromatic heterocycles. The van der Waals surface area contributed by atoms with E-state index in [0.29, 0.717) is 0 Å². The fraction of sp³-hybridized carbons (Fsp3) is 0.500. The smallest absolute Gasteiger partial charge is 0.250 e. The Labute approximate surface area is 135 Å². The van der Waals surface area contributed by atoms with Gasteiger partial charge in [-0.3, -0.25) is 4.79 Å². The second kappa shape index (κ2) is 6.76. The molecule has 0 bridgehead atoms. The number of rotatable bonds is 4. The minimum absolute atomic E-state index is 0.0000138. The van der Waals surface area contributed by atoms with E-state index in [1.54, 1.807) is 4.68 Å². The van der Waals surface area contributed by atoms with Gasteiger partial charge in [0, 0.05) is 25.0 Å². The van der Waals surface area contributed by atoms with Crippen molar-refractivity contribution in [2.24, 2.45) is 5.92 Å². The van der Waals surface area contributed by atoms with Crippen molar-refractivity contribution in [2.45, 2.75) is 32.7 Å². The van der Waals surface area contributed by atoms with Crippen LogP contribution in [0.15, 0.2) is 30.3 Å². The Kier molecular flexibility index (Phi) is 4.55. The molecule has 1 amide bonds. The minimum Gasteiger partial charge on any atom is -0.351 e. The topological polar surface area (TPSA) is 75.9 Å². The van der Waals surface area contributed by atoms with Crippen molar-refractivity contribution in [1.29, 1.82) is 0 Å². The standard InChI is InChI=1S/C16H22N6O/c1-12(2)15(23)17-13-7-6-10-21(11-13)16-18-19-20-22(16)14-8-4-3-5-9-14/h3-5,8-9,12-13H,6-7,10-11H2,1-2H3,(H,17,23). The van der Waals surface area contributed by atoms with E-state index in [1.807, 2.05) is 44.2 Å². The highest BCUT2D eigenvalue weighted by Crippen LogP contribution is 2.20. The van der Waals surface area contributed by atoms with Crippen LogP contribution in [0.2, 0.25) is 0 Å². The van der Waals surface area contributed by atoms with Crippen LogP contribution in [0.1, 0.15) is 26.7 Å². The molecule has 1 aliphatic rings. The maximum absolute atomic E-state index is 11.9. The molecule has 7 heteroatoms. The summed E-state index contributed by atoms with van der Waals surface area (Å²) < 4.78 is 1.74. The summed E-state index contributed by atoms with van der Waals surface area (Å²) >= 11 is 0. The molecule has 0 spiro atoms. The highest BCUT2D eigenvalue weighted by atomic mass is 16.1. The van der Waals surface area contributed by atoms with E-state index in [-0.39, 0.29) is 17.9 Å². The van der Waals surface area contributed by atoms with Gasteiger partial charge in [-0.2, -0.15) is 4.68 Å². The average Bonchev–Trinajstić information content (AvgIpc) is 3.05. The van der Waals surface area contributed by atoms with Gasteiger partial charge in [-0.15, -0.1) is 0 Å². The minimum atomic E-state index is 0.0000138. The molecule has 122 valence electrons. The van der Waals surface area contributed by atoms with E-state index in [4.69, 9.17) is 0 Å². The van der Waals surface area contributed by atoms with Gasteiger partial charge in [0.05, 0.1) is 5.69 Å². The van der Waals surface area contributed by atoms with Crippen LogP contribution < -0.4 is 10.2 Å². The Morgan fingerprint density at radius 2 is 2.09 bits per heavy atom. The molecule has 23 heavy (non-hydrogen) atoms. The summed E-state index contributed by atoms with van der Waals surface area (Å²) in [7, 11) is 0. The SMILES string of the molecule is CC(C)C(=O)NC1CCCN(c2nnnn2-c2ccccc2)C1. The third-order valence-corrected chi connectivity index (χ3v) is 4.03. The summed E-state index contributed by atoms with van der Waals surface area (Å²) in [6.45, 7) is 5.44. The monoisotopic (exact) mass is 314 g/mol. The lowest BCUT2D eigenvalue weighted by Crippen LogP contribution is -2.49. The average molecular weight is 314 g/mol. The molecular weight excluding hydrogens is 292 g/mol. The first-order chi connectivity index (χ1) is 11.1. The number of tetrazole rings is 1. The first kappa shape index (κ1) is 15.5. The zero-order chi connectivity index (χ0) is 16.2. The summed E-state index contributed by atoms with van der Waals surface area (Å²) in [6, 6.07) is 9.97. The number of hydrogen-bond donors (Lipinski definition) is 1. The van der Waals surface area contributed by atoms with Crippen LogP contribution in [0.5, 0.6) is 0 Å². The number of anilines is 1. The lowest BCUT2D eigenvalue weighted by Gasteiger charge is -2.33. The molecule has 1 aromatic carbocycles. The zero-order valence-corrected chi connectivity index (χ0v) is 13.5.